The van der Waals surface area contributed by atoms with E-state index in [1.165, 1.54) is 0 Å². The molecule has 0 spiro atoms. The van der Waals surface area contributed by atoms with Gasteiger partial charge in [0.1, 0.15) is 17.5 Å². The summed E-state index contributed by atoms with van der Waals surface area (Å²) in [6.45, 7) is 1.65. The lowest BCUT2D eigenvalue weighted by atomic mass is 10.0. The number of rotatable bonds is 7. The van der Waals surface area contributed by atoms with Gasteiger partial charge in [0.2, 0.25) is 0 Å². The van der Waals surface area contributed by atoms with Crippen LogP contribution in [0.2, 0.25) is 0 Å². The lowest BCUT2D eigenvalue weighted by Crippen LogP contribution is -2.31. The van der Waals surface area contributed by atoms with Crippen LogP contribution in [0.15, 0.2) is 60.9 Å². The van der Waals surface area contributed by atoms with E-state index in [2.05, 4.69) is 38.1 Å². The smallest absolute Gasteiger partial charge is 0.174 e. The van der Waals surface area contributed by atoms with E-state index < -0.39 is 0 Å². The van der Waals surface area contributed by atoms with Crippen molar-refractivity contribution in [3.05, 3.63) is 72.3 Å². The Bertz CT molecular complexity index is 1110. The van der Waals surface area contributed by atoms with Crippen LogP contribution in [0.4, 0.5) is 5.69 Å². The van der Waals surface area contributed by atoms with Gasteiger partial charge in [0.05, 0.1) is 37.7 Å². The quantitative estimate of drug-likeness (QED) is 0.525. The van der Waals surface area contributed by atoms with Gasteiger partial charge in [-0.15, -0.1) is 0 Å². The second-order valence-corrected chi connectivity index (χ2v) is 8.64. The zero-order valence-corrected chi connectivity index (χ0v) is 19.6. The highest BCUT2D eigenvalue weighted by Crippen LogP contribution is 2.45. The summed E-state index contributed by atoms with van der Waals surface area (Å²) in [6.07, 6.45) is 6.37. The first-order chi connectivity index (χ1) is 16.2. The van der Waals surface area contributed by atoms with Gasteiger partial charge in [-0.25, -0.2) is 0 Å². The van der Waals surface area contributed by atoms with E-state index in [1.807, 2.05) is 42.6 Å². The standard InChI is InChI=1S/C25H28N4O3S/c1-30-17-10-11-20(22(15-17)31-2)29-24(23(27-25(29)33)19-8-3-4-12-26-19)21-9-5-13-28(21)16-18-7-6-14-32-18/h3-5,8-13,15,18,23-24H,6-7,14,16H2,1-2H3,(H,27,33)/t18-,23+,24-/m0/s1. The minimum Gasteiger partial charge on any atom is -0.497 e. The molecule has 0 amide bonds. The van der Waals surface area contributed by atoms with E-state index in [4.69, 9.17) is 26.4 Å². The lowest BCUT2D eigenvalue weighted by Gasteiger charge is -2.30. The van der Waals surface area contributed by atoms with Crippen LogP contribution >= 0.6 is 12.2 Å². The average Bonchev–Trinajstić information content (AvgIpc) is 3.60. The summed E-state index contributed by atoms with van der Waals surface area (Å²) in [5, 5.41) is 4.15. The van der Waals surface area contributed by atoms with Crippen molar-refractivity contribution in [2.75, 3.05) is 25.7 Å². The van der Waals surface area contributed by atoms with Crippen molar-refractivity contribution in [1.29, 1.82) is 0 Å². The zero-order valence-electron chi connectivity index (χ0n) is 18.8. The molecular weight excluding hydrogens is 436 g/mol. The van der Waals surface area contributed by atoms with Crippen LogP contribution in [0.25, 0.3) is 0 Å². The van der Waals surface area contributed by atoms with E-state index in [0.29, 0.717) is 10.9 Å². The Hall–Kier alpha value is -3.10. The summed E-state index contributed by atoms with van der Waals surface area (Å²) in [7, 11) is 3.31. The molecule has 0 aliphatic carbocycles. The molecule has 33 heavy (non-hydrogen) atoms. The first-order valence-electron chi connectivity index (χ1n) is 11.2. The summed E-state index contributed by atoms with van der Waals surface area (Å²) >= 11 is 5.87. The predicted molar refractivity (Wildman–Crippen MR) is 131 cm³/mol. The Labute approximate surface area is 199 Å². The molecule has 0 bridgehead atoms. The number of pyridine rings is 1. The molecule has 7 nitrogen and oxygen atoms in total. The molecule has 0 radical (unpaired) electrons. The fraction of sp³-hybridized carbons (Fsp3) is 0.360. The average molecular weight is 465 g/mol. The van der Waals surface area contributed by atoms with Gasteiger partial charge in [0.25, 0.3) is 0 Å². The molecule has 0 saturated carbocycles. The van der Waals surface area contributed by atoms with Crippen molar-refractivity contribution >= 4 is 23.0 Å². The molecule has 3 atom stereocenters. The van der Waals surface area contributed by atoms with Gasteiger partial charge in [-0.2, -0.15) is 0 Å². The number of anilines is 1. The van der Waals surface area contributed by atoms with Gasteiger partial charge in [-0.3, -0.25) is 4.98 Å². The third-order valence-corrected chi connectivity index (χ3v) is 6.65. The van der Waals surface area contributed by atoms with Gasteiger partial charge in [0, 0.05) is 37.3 Å². The van der Waals surface area contributed by atoms with Gasteiger partial charge in [-0.1, -0.05) is 6.07 Å². The SMILES string of the molecule is COc1ccc(N2C(=S)N[C@H](c3ccccn3)[C@@H]2c2cccn2C[C@@H]2CCCO2)c(OC)c1. The van der Waals surface area contributed by atoms with Crippen LogP contribution in [0.3, 0.4) is 0 Å². The molecule has 2 saturated heterocycles. The lowest BCUT2D eigenvalue weighted by molar-refractivity contribution is 0.0961. The highest BCUT2D eigenvalue weighted by atomic mass is 32.1. The highest BCUT2D eigenvalue weighted by Gasteiger charge is 2.43. The number of benzene rings is 1. The topological polar surface area (TPSA) is 60.8 Å². The number of nitrogens with zero attached hydrogens (tertiary/aromatic N) is 3. The maximum Gasteiger partial charge on any atom is 0.174 e. The van der Waals surface area contributed by atoms with Crippen LogP contribution in [0.5, 0.6) is 11.5 Å². The van der Waals surface area contributed by atoms with E-state index in [-0.39, 0.29) is 18.2 Å². The number of hydrogen-bond donors (Lipinski definition) is 1. The minimum absolute atomic E-state index is 0.119. The van der Waals surface area contributed by atoms with Crippen LogP contribution in [-0.4, -0.2) is 41.6 Å². The van der Waals surface area contributed by atoms with Crippen molar-refractivity contribution in [2.45, 2.75) is 37.6 Å². The molecular formula is C25H28N4O3S. The van der Waals surface area contributed by atoms with Crippen LogP contribution < -0.4 is 19.7 Å². The van der Waals surface area contributed by atoms with E-state index in [0.717, 1.165) is 48.8 Å². The summed E-state index contributed by atoms with van der Waals surface area (Å²) in [5.41, 5.74) is 2.96. The third-order valence-electron chi connectivity index (χ3n) is 6.34. The number of ether oxygens (including phenoxy) is 3. The molecule has 2 aromatic heterocycles. The van der Waals surface area contributed by atoms with Gasteiger partial charge in [0.15, 0.2) is 5.11 Å². The third kappa shape index (κ3) is 4.16. The van der Waals surface area contributed by atoms with Gasteiger partial charge < -0.3 is 29.0 Å². The molecule has 3 aromatic rings. The molecule has 2 aliphatic heterocycles. The monoisotopic (exact) mass is 464 g/mol. The molecule has 5 rings (SSSR count). The Morgan fingerprint density at radius 2 is 2.06 bits per heavy atom. The van der Waals surface area contributed by atoms with E-state index >= 15 is 0 Å². The summed E-state index contributed by atoms with van der Waals surface area (Å²) in [5.74, 6) is 1.43. The Morgan fingerprint density at radius 1 is 1.15 bits per heavy atom. The normalized spacial score (nSPS) is 22.4. The fourth-order valence-corrected chi connectivity index (χ4v) is 5.11. The molecule has 2 aliphatic rings. The molecule has 8 heteroatoms. The fourth-order valence-electron chi connectivity index (χ4n) is 4.77. The first kappa shape index (κ1) is 21.7. The Morgan fingerprint density at radius 3 is 2.79 bits per heavy atom. The van der Waals surface area contributed by atoms with Gasteiger partial charge >= 0.3 is 0 Å². The maximum atomic E-state index is 5.93. The molecule has 172 valence electrons. The van der Waals surface area contributed by atoms with Crippen molar-refractivity contribution in [1.82, 2.24) is 14.9 Å². The zero-order chi connectivity index (χ0) is 22.8. The molecule has 2 fully saturated rings. The van der Waals surface area contributed by atoms with E-state index in [1.54, 1.807) is 14.2 Å². The number of thiocarbonyl (C=S) groups is 1. The summed E-state index contributed by atoms with van der Waals surface area (Å²) in [6, 6.07) is 15.8. The molecule has 1 N–H and O–H groups in total. The molecule has 0 unspecified atom stereocenters. The second kappa shape index (κ2) is 9.41. The van der Waals surface area contributed by atoms with Crippen LogP contribution in [0.1, 0.15) is 36.3 Å². The highest BCUT2D eigenvalue weighted by molar-refractivity contribution is 7.80. The molecule has 1 aromatic carbocycles. The Kier molecular flexibility index (Phi) is 6.20. The molecule has 4 heterocycles. The first-order valence-corrected chi connectivity index (χ1v) is 11.6. The van der Waals surface area contributed by atoms with E-state index in [9.17, 15) is 0 Å². The maximum absolute atomic E-state index is 5.93. The van der Waals surface area contributed by atoms with Crippen molar-refractivity contribution in [3.8, 4) is 11.5 Å². The van der Waals surface area contributed by atoms with Crippen LogP contribution in [-0.2, 0) is 11.3 Å². The number of nitrogens with one attached hydrogen (secondary N) is 1. The predicted octanol–water partition coefficient (Wildman–Crippen LogP) is 4.26. The van der Waals surface area contributed by atoms with Crippen LogP contribution in [0, 0.1) is 0 Å². The summed E-state index contributed by atoms with van der Waals surface area (Å²) < 4.78 is 19.4. The largest absolute Gasteiger partial charge is 0.497 e. The minimum atomic E-state index is -0.122. The second-order valence-electron chi connectivity index (χ2n) is 8.25. The number of aromatic nitrogens is 2. The van der Waals surface area contributed by atoms with Gasteiger partial charge in [-0.05, 0) is 61.5 Å². The van der Waals surface area contributed by atoms with Crippen molar-refractivity contribution < 1.29 is 14.2 Å². The van der Waals surface area contributed by atoms with Crippen molar-refractivity contribution in [2.24, 2.45) is 0 Å². The summed E-state index contributed by atoms with van der Waals surface area (Å²) in [4.78, 5) is 6.79. The number of hydrogen-bond acceptors (Lipinski definition) is 5. The Balaban J connectivity index is 1.60. The van der Waals surface area contributed by atoms with Crippen molar-refractivity contribution in [3.63, 3.8) is 0 Å². The number of methoxy groups -OCH3 is 2.